The van der Waals surface area contributed by atoms with Gasteiger partial charge in [-0.3, -0.25) is 0 Å². The number of hydrogen-bond donors (Lipinski definition) is 1. The second kappa shape index (κ2) is 5.21. The maximum Gasteiger partial charge on any atom is 0.243 e. The molecule has 0 unspecified atom stereocenters. The van der Waals surface area contributed by atoms with Crippen LogP contribution in [0.15, 0.2) is 23.2 Å². The van der Waals surface area contributed by atoms with Crippen LogP contribution in [0.5, 0.6) is 0 Å². The molecule has 2 heterocycles. The number of aromatic nitrogens is 1. The molecule has 2 N–H and O–H groups in total. The van der Waals surface area contributed by atoms with Crippen molar-refractivity contribution in [1.29, 1.82) is 0 Å². The average Bonchev–Trinajstić information content (AvgIpc) is 2.39. The number of rotatable bonds is 3. The third kappa shape index (κ3) is 2.63. The second-order valence-corrected chi connectivity index (χ2v) is 6.19. The molecule has 0 aromatic carbocycles. The van der Waals surface area contributed by atoms with Crippen LogP contribution in [0.3, 0.4) is 0 Å². The number of nitrogen functional groups attached to an aromatic ring is 1. The minimum Gasteiger partial charge on any atom is -0.384 e. The minimum atomic E-state index is -3.46. The third-order valence-electron chi connectivity index (χ3n) is 3.12. The highest BCUT2D eigenvalue weighted by atomic mass is 32.2. The van der Waals surface area contributed by atoms with Gasteiger partial charge in [0, 0.05) is 32.5 Å². The molecule has 1 saturated heterocycles. The molecule has 0 bridgehead atoms. The fourth-order valence-corrected chi connectivity index (χ4v) is 3.54. The zero-order valence-electron chi connectivity index (χ0n) is 10.2. The molecule has 1 aromatic heterocycles. The molecule has 18 heavy (non-hydrogen) atoms. The van der Waals surface area contributed by atoms with Gasteiger partial charge >= 0.3 is 0 Å². The number of nitrogens with two attached hydrogens (primary N) is 1. The molecule has 6 nitrogen and oxygen atoms in total. The van der Waals surface area contributed by atoms with Crippen LogP contribution in [0.1, 0.15) is 12.8 Å². The van der Waals surface area contributed by atoms with Crippen molar-refractivity contribution in [2.45, 2.75) is 23.8 Å². The topological polar surface area (TPSA) is 85.5 Å². The Morgan fingerprint density at radius 3 is 2.67 bits per heavy atom. The number of sulfonamides is 1. The van der Waals surface area contributed by atoms with E-state index < -0.39 is 10.0 Å². The first-order chi connectivity index (χ1) is 8.54. The summed E-state index contributed by atoms with van der Waals surface area (Å²) in [6.07, 6.45) is 3.00. The molecule has 0 saturated carbocycles. The summed E-state index contributed by atoms with van der Waals surface area (Å²) in [6.45, 7) is 0.951. The van der Waals surface area contributed by atoms with Gasteiger partial charge in [0.2, 0.25) is 10.0 Å². The summed E-state index contributed by atoms with van der Waals surface area (Å²) in [6, 6.07) is 2.85. The van der Waals surface area contributed by atoms with E-state index in [2.05, 4.69) is 4.98 Å². The molecule has 7 heteroatoms. The standard InChI is InChI=1S/C11H17N3O3S/c1-17-9-3-6-14(7-4-9)18(15,16)10-2-5-13-11(12)8-10/h2,5,8-9H,3-4,6-7H2,1H3,(H2,12,13). The van der Waals surface area contributed by atoms with Crippen LogP contribution in [0, 0.1) is 0 Å². The molecule has 0 amide bonds. The third-order valence-corrected chi connectivity index (χ3v) is 5.02. The second-order valence-electron chi connectivity index (χ2n) is 4.26. The lowest BCUT2D eigenvalue weighted by atomic mass is 10.1. The molecule has 1 fully saturated rings. The largest absolute Gasteiger partial charge is 0.384 e. The lowest BCUT2D eigenvalue weighted by Crippen LogP contribution is -2.40. The molecule has 2 rings (SSSR count). The summed E-state index contributed by atoms with van der Waals surface area (Å²) in [5.41, 5.74) is 5.51. The summed E-state index contributed by atoms with van der Waals surface area (Å²) >= 11 is 0. The Labute approximate surface area is 107 Å². The van der Waals surface area contributed by atoms with Crippen LogP contribution >= 0.6 is 0 Å². The predicted octanol–water partition coefficient (Wildman–Crippen LogP) is 0.463. The zero-order chi connectivity index (χ0) is 13.2. The number of ether oxygens (including phenoxy) is 1. The van der Waals surface area contributed by atoms with Crippen molar-refractivity contribution >= 4 is 15.8 Å². The molecule has 100 valence electrons. The number of piperidine rings is 1. The normalized spacial score (nSPS) is 18.9. The Balaban J connectivity index is 2.17. The van der Waals surface area contributed by atoms with Gasteiger partial charge in [-0.25, -0.2) is 13.4 Å². The maximum atomic E-state index is 12.3. The van der Waals surface area contributed by atoms with E-state index in [9.17, 15) is 8.42 Å². The van der Waals surface area contributed by atoms with Crippen molar-refractivity contribution in [2.75, 3.05) is 25.9 Å². The van der Waals surface area contributed by atoms with E-state index in [-0.39, 0.29) is 16.8 Å². The highest BCUT2D eigenvalue weighted by molar-refractivity contribution is 7.89. The monoisotopic (exact) mass is 271 g/mol. The summed E-state index contributed by atoms with van der Waals surface area (Å²) in [4.78, 5) is 4.00. The van der Waals surface area contributed by atoms with Crippen molar-refractivity contribution in [2.24, 2.45) is 0 Å². The molecule has 0 atom stereocenters. The van der Waals surface area contributed by atoms with E-state index >= 15 is 0 Å². The maximum absolute atomic E-state index is 12.3. The van der Waals surface area contributed by atoms with E-state index in [0.717, 1.165) is 12.8 Å². The van der Waals surface area contributed by atoms with Gasteiger partial charge in [0.1, 0.15) is 5.82 Å². The SMILES string of the molecule is COC1CCN(S(=O)(=O)c2ccnc(N)c2)CC1. The summed E-state index contributed by atoms with van der Waals surface area (Å²) in [7, 11) is -1.81. The van der Waals surface area contributed by atoms with Crippen molar-refractivity contribution in [3.63, 3.8) is 0 Å². The van der Waals surface area contributed by atoms with Crippen LogP contribution in [0.4, 0.5) is 5.82 Å². The average molecular weight is 271 g/mol. The van der Waals surface area contributed by atoms with Crippen LogP contribution in [0.2, 0.25) is 0 Å². The molecular weight excluding hydrogens is 254 g/mol. The summed E-state index contributed by atoms with van der Waals surface area (Å²) in [5, 5.41) is 0. The highest BCUT2D eigenvalue weighted by Crippen LogP contribution is 2.22. The Kier molecular flexibility index (Phi) is 3.84. The van der Waals surface area contributed by atoms with Gasteiger partial charge in [0.25, 0.3) is 0 Å². The van der Waals surface area contributed by atoms with E-state index in [0.29, 0.717) is 13.1 Å². The minimum absolute atomic E-state index is 0.152. The van der Waals surface area contributed by atoms with Crippen LogP contribution in [-0.4, -0.2) is 44.0 Å². The van der Waals surface area contributed by atoms with Crippen LogP contribution in [-0.2, 0) is 14.8 Å². The number of anilines is 1. The van der Waals surface area contributed by atoms with Gasteiger partial charge in [-0.1, -0.05) is 0 Å². The number of pyridine rings is 1. The Morgan fingerprint density at radius 1 is 1.44 bits per heavy atom. The fraction of sp³-hybridized carbons (Fsp3) is 0.545. The Hall–Kier alpha value is -1.18. The van der Waals surface area contributed by atoms with Gasteiger partial charge in [-0.05, 0) is 18.9 Å². The van der Waals surface area contributed by atoms with E-state index in [1.807, 2.05) is 0 Å². The quantitative estimate of drug-likeness (QED) is 0.863. The molecule has 1 aliphatic heterocycles. The van der Waals surface area contributed by atoms with Gasteiger partial charge < -0.3 is 10.5 Å². The van der Waals surface area contributed by atoms with Gasteiger partial charge in [0.05, 0.1) is 11.0 Å². The molecule has 0 aliphatic carbocycles. The van der Waals surface area contributed by atoms with Crippen LogP contribution < -0.4 is 5.73 Å². The number of hydrogen-bond acceptors (Lipinski definition) is 5. The highest BCUT2D eigenvalue weighted by Gasteiger charge is 2.29. The first kappa shape index (κ1) is 13.3. The number of methoxy groups -OCH3 is 1. The summed E-state index contributed by atoms with van der Waals surface area (Å²) in [5.74, 6) is 0.211. The zero-order valence-corrected chi connectivity index (χ0v) is 11.1. The number of nitrogens with zero attached hydrogens (tertiary/aromatic N) is 2. The molecular formula is C11H17N3O3S. The summed E-state index contributed by atoms with van der Waals surface area (Å²) < 4.78 is 31.4. The lowest BCUT2D eigenvalue weighted by Gasteiger charge is -2.30. The van der Waals surface area contributed by atoms with E-state index in [1.54, 1.807) is 7.11 Å². The van der Waals surface area contributed by atoms with E-state index in [4.69, 9.17) is 10.5 Å². The van der Waals surface area contributed by atoms with Gasteiger partial charge in [0.15, 0.2) is 0 Å². The Bertz CT molecular complexity index is 510. The van der Waals surface area contributed by atoms with Crippen molar-refractivity contribution in [3.8, 4) is 0 Å². The molecule has 1 aromatic rings. The van der Waals surface area contributed by atoms with E-state index in [1.165, 1.54) is 22.6 Å². The molecule has 0 spiro atoms. The van der Waals surface area contributed by atoms with Gasteiger partial charge in [-0.15, -0.1) is 0 Å². The smallest absolute Gasteiger partial charge is 0.243 e. The van der Waals surface area contributed by atoms with Crippen LogP contribution in [0.25, 0.3) is 0 Å². The first-order valence-corrected chi connectivity index (χ1v) is 7.22. The lowest BCUT2D eigenvalue weighted by molar-refractivity contribution is 0.0604. The molecule has 1 aliphatic rings. The predicted molar refractivity (Wildman–Crippen MR) is 67.4 cm³/mol. The molecule has 0 radical (unpaired) electrons. The van der Waals surface area contributed by atoms with Gasteiger partial charge in [-0.2, -0.15) is 4.31 Å². The Morgan fingerprint density at radius 2 is 2.11 bits per heavy atom. The van der Waals surface area contributed by atoms with Crippen molar-refractivity contribution < 1.29 is 13.2 Å². The van der Waals surface area contributed by atoms with Crippen molar-refractivity contribution in [3.05, 3.63) is 18.3 Å². The fourth-order valence-electron chi connectivity index (χ4n) is 2.05. The van der Waals surface area contributed by atoms with Crippen molar-refractivity contribution in [1.82, 2.24) is 9.29 Å². The first-order valence-electron chi connectivity index (χ1n) is 5.78.